The van der Waals surface area contributed by atoms with Gasteiger partial charge in [0.15, 0.2) is 0 Å². The van der Waals surface area contributed by atoms with Gasteiger partial charge < -0.3 is 15.8 Å². The molecule has 0 bridgehead atoms. The fourth-order valence-electron chi connectivity index (χ4n) is 1.46. The molecule has 0 spiro atoms. The van der Waals surface area contributed by atoms with Crippen LogP contribution < -0.4 is 11.1 Å². The van der Waals surface area contributed by atoms with Gasteiger partial charge in [-0.3, -0.25) is 4.79 Å². The highest BCUT2D eigenvalue weighted by molar-refractivity contribution is 9.10. The van der Waals surface area contributed by atoms with Gasteiger partial charge in [-0.25, -0.2) is 0 Å². The summed E-state index contributed by atoms with van der Waals surface area (Å²) in [5.41, 5.74) is 7.01. The Morgan fingerprint density at radius 2 is 2.26 bits per heavy atom. The molecule has 6 heteroatoms. The van der Waals surface area contributed by atoms with Crippen LogP contribution in [0.5, 0.6) is 0 Å². The van der Waals surface area contributed by atoms with Crippen LogP contribution in [0.4, 0.5) is 5.69 Å². The number of hydrogen-bond acceptors (Lipinski definition) is 3. The number of carbonyl (C=O) groups is 1. The fraction of sp³-hybridized carbons (Fsp3) is 0.385. The minimum atomic E-state index is -0.0384. The molecule has 0 radical (unpaired) electrons. The molecule has 0 unspecified atom stereocenters. The molecule has 4 nitrogen and oxygen atoms in total. The minimum absolute atomic E-state index is 0.0384. The van der Waals surface area contributed by atoms with E-state index in [1.165, 1.54) is 0 Å². The molecule has 0 aliphatic heterocycles. The summed E-state index contributed by atoms with van der Waals surface area (Å²) < 4.78 is 5.94. The van der Waals surface area contributed by atoms with E-state index in [4.69, 9.17) is 22.7 Å². The zero-order valence-electron chi connectivity index (χ0n) is 10.7. The van der Waals surface area contributed by atoms with Gasteiger partial charge in [0.05, 0.1) is 5.69 Å². The molecule has 0 aliphatic rings. The normalized spacial score (nSPS) is 10.2. The van der Waals surface area contributed by atoms with Crippen LogP contribution in [-0.2, 0) is 9.53 Å². The van der Waals surface area contributed by atoms with E-state index < -0.39 is 0 Å². The Bertz CT molecular complexity index is 466. The Labute approximate surface area is 126 Å². The quantitative estimate of drug-likeness (QED) is 0.589. The van der Waals surface area contributed by atoms with Crippen molar-refractivity contribution < 1.29 is 9.53 Å². The first-order chi connectivity index (χ1) is 9.04. The Morgan fingerprint density at radius 3 is 2.84 bits per heavy atom. The number of benzene rings is 1. The molecule has 1 aromatic carbocycles. The highest BCUT2D eigenvalue weighted by atomic mass is 79.9. The number of rotatable bonds is 7. The van der Waals surface area contributed by atoms with E-state index >= 15 is 0 Å². The van der Waals surface area contributed by atoms with E-state index in [1.54, 1.807) is 18.2 Å². The summed E-state index contributed by atoms with van der Waals surface area (Å²) in [6.07, 6.45) is 1.14. The molecule has 0 saturated heterocycles. The predicted molar refractivity (Wildman–Crippen MR) is 84.4 cm³/mol. The summed E-state index contributed by atoms with van der Waals surface area (Å²) in [5, 5.41) is 2.83. The predicted octanol–water partition coefficient (Wildman–Crippen LogP) is 2.84. The Balaban J connectivity index is 2.52. The number of anilines is 1. The van der Waals surface area contributed by atoms with E-state index in [-0.39, 0.29) is 5.91 Å². The maximum atomic E-state index is 11.7. The van der Waals surface area contributed by atoms with Crippen LogP contribution in [0.15, 0.2) is 22.7 Å². The second-order valence-electron chi connectivity index (χ2n) is 3.91. The summed E-state index contributed by atoms with van der Waals surface area (Å²) >= 11 is 8.27. The van der Waals surface area contributed by atoms with Crippen molar-refractivity contribution in [1.29, 1.82) is 0 Å². The Morgan fingerprint density at radius 1 is 1.53 bits per heavy atom. The Kier molecular flexibility index (Phi) is 6.97. The molecule has 0 aliphatic carbocycles. The highest BCUT2D eigenvalue weighted by Crippen LogP contribution is 2.23. The molecule has 0 fully saturated rings. The first-order valence-corrected chi connectivity index (χ1v) is 7.21. The van der Waals surface area contributed by atoms with Gasteiger partial charge in [0.25, 0.3) is 0 Å². The van der Waals surface area contributed by atoms with Gasteiger partial charge in [-0.05, 0) is 47.5 Å². The number of amides is 1. The molecular formula is C13H17BrN2O2S. The zero-order chi connectivity index (χ0) is 14.3. The van der Waals surface area contributed by atoms with Crippen molar-refractivity contribution in [2.45, 2.75) is 19.8 Å². The summed E-state index contributed by atoms with van der Waals surface area (Å²) in [6.45, 7) is 3.21. The van der Waals surface area contributed by atoms with Crippen molar-refractivity contribution in [2.24, 2.45) is 5.73 Å². The molecule has 3 N–H and O–H groups in total. The summed E-state index contributed by atoms with van der Waals surface area (Å²) in [4.78, 5) is 12.0. The zero-order valence-corrected chi connectivity index (χ0v) is 13.1. The number of nitrogens with two attached hydrogens (primary N) is 1. The summed E-state index contributed by atoms with van der Waals surface area (Å²) in [5.74, 6) is -0.0384. The smallest absolute Gasteiger partial charge is 0.224 e. The van der Waals surface area contributed by atoms with Crippen LogP contribution in [0.25, 0.3) is 0 Å². The van der Waals surface area contributed by atoms with Crippen molar-refractivity contribution in [2.75, 3.05) is 18.5 Å². The molecule has 1 aromatic rings. The van der Waals surface area contributed by atoms with Gasteiger partial charge in [0.1, 0.15) is 4.99 Å². The van der Waals surface area contributed by atoms with Crippen LogP contribution in [-0.4, -0.2) is 24.1 Å². The lowest BCUT2D eigenvalue weighted by molar-refractivity contribution is -0.116. The monoisotopic (exact) mass is 344 g/mol. The third kappa shape index (κ3) is 5.67. The summed E-state index contributed by atoms with van der Waals surface area (Å²) in [6, 6.07) is 5.35. The van der Waals surface area contributed by atoms with Gasteiger partial charge in [-0.15, -0.1) is 0 Å². The average molecular weight is 345 g/mol. The van der Waals surface area contributed by atoms with Crippen molar-refractivity contribution in [3.05, 3.63) is 28.2 Å². The molecule has 0 saturated carbocycles. The first kappa shape index (κ1) is 16.1. The van der Waals surface area contributed by atoms with Crippen LogP contribution >= 0.6 is 28.1 Å². The van der Waals surface area contributed by atoms with E-state index in [1.807, 2.05) is 6.92 Å². The standard InChI is InChI=1S/C13H17BrN2O2S/c1-2-18-7-3-4-12(17)16-11-6-5-9(13(15)19)8-10(11)14/h5-6,8H,2-4,7H2,1H3,(H2,15,19)(H,16,17). The van der Waals surface area contributed by atoms with E-state index in [0.29, 0.717) is 36.7 Å². The number of hydrogen-bond donors (Lipinski definition) is 2. The lowest BCUT2D eigenvalue weighted by Crippen LogP contribution is -2.14. The van der Waals surface area contributed by atoms with Crippen LogP contribution in [0.3, 0.4) is 0 Å². The maximum absolute atomic E-state index is 11.7. The van der Waals surface area contributed by atoms with Crippen molar-refractivity contribution in [3.8, 4) is 0 Å². The van der Waals surface area contributed by atoms with Crippen LogP contribution in [0, 0.1) is 0 Å². The van der Waals surface area contributed by atoms with E-state index in [0.717, 1.165) is 10.0 Å². The van der Waals surface area contributed by atoms with Gasteiger partial charge >= 0.3 is 0 Å². The highest BCUT2D eigenvalue weighted by Gasteiger charge is 2.07. The van der Waals surface area contributed by atoms with E-state index in [9.17, 15) is 4.79 Å². The summed E-state index contributed by atoms with van der Waals surface area (Å²) in [7, 11) is 0. The van der Waals surface area contributed by atoms with Crippen molar-refractivity contribution >= 4 is 44.7 Å². The number of ether oxygens (including phenoxy) is 1. The second kappa shape index (κ2) is 8.24. The number of halogens is 1. The largest absolute Gasteiger partial charge is 0.389 e. The lowest BCUT2D eigenvalue weighted by Gasteiger charge is -2.09. The second-order valence-corrected chi connectivity index (χ2v) is 5.20. The van der Waals surface area contributed by atoms with Gasteiger partial charge in [0, 0.05) is 29.7 Å². The number of nitrogens with one attached hydrogen (secondary N) is 1. The van der Waals surface area contributed by atoms with Crippen molar-refractivity contribution in [1.82, 2.24) is 0 Å². The molecule has 0 heterocycles. The van der Waals surface area contributed by atoms with E-state index in [2.05, 4.69) is 21.2 Å². The van der Waals surface area contributed by atoms with Gasteiger partial charge in [-0.1, -0.05) is 12.2 Å². The molecule has 1 rings (SSSR count). The number of thiocarbonyl (C=S) groups is 1. The van der Waals surface area contributed by atoms with Crippen LogP contribution in [0.2, 0.25) is 0 Å². The molecule has 1 amide bonds. The number of carbonyl (C=O) groups excluding carboxylic acids is 1. The fourth-order valence-corrected chi connectivity index (χ4v) is 2.07. The maximum Gasteiger partial charge on any atom is 0.224 e. The molecule has 0 aromatic heterocycles. The Hall–Kier alpha value is -0.980. The molecule has 0 atom stereocenters. The van der Waals surface area contributed by atoms with Gasteiger partial charge in [0.2, 0.25) is 5.91 Å². The third-order valence-corrected chi connectivity index (χ3v) is 3.32. The first-order valence-electron chi connectivity index (χ1n) is 6.01. The lowest BCUT2D eigenvalue weighted by atomic mass is 10.2. The van der Waals surface area contributed by atoms with Gasteiger partial charge in [-0.2, -0.15) is 0 Å². The minimum Gasteiger partial charge on any atom is -0.389 e. The molecule has 104 valence electrons. The average Bonchev–Trinajstić information content (AvgIpc) is 2.37. The molecule has 19 heavy (non-hydrogen) atoms. The third-order valence-electron chi connectivity index (χ3n) is 2.42. The topological polar surface area (TPSA) is 64.3 Å². The van der Waals surface area contributed by atoms with Crippen molar-refractivity contribution in [3.63, 3.8) is 0 Å². The molecular weight excluding hydrogens is 328 g/mol. The SMILES string of the molecule is CCOCCCC(=O)Nc1ccc(C(N)=S)cc1Br. The van der Waals surface area contributed by atoms with Crippen LogP contribution in [0.1, 0.15) is 25.3 Å².